The van der Waals surface area contributed by atoms with Crippen molar-refractivity contribution in [2.45, 2.75) is 59.5 Å². The monoisotopic (exact) mass is 1540 g/mol. The van der Waals surface area contributed by atoms with E-state index < -0.39 is 23.3 Å². The number of allylic oxidation sites excluding steroid dienone is 8. The lowest BCUT2D eigenvalue weighted by molar-refractivity contribution is 0.0881. The first-order valence-electron chi connectivity index (χ1n) is 37.9. The Hall–Kier alpha value is -12.1. The van der Waals surface area contributed by atoms with Gasteiger partial charge in [-0.3, -0.25) is 48.2 Å². The summed E-state index contributed by atoms with van der Waals surface area (Å²) in [7, 11) is 0. The van der Waals surface area contributed by atoms with Crippen molar-refractivity contribution in [1.29, 1.82) is 0 Å². The van der Waals surface area contributed by atoms with Crippen LogP contribution in [0.25, 0.3) is 0 Å². The Labute approximate surface area is 650 Å². The van der Waals surface area contributed by atoms with E-state index in [2.05, 4.69) is 70.6 Å². The highest BCUT2D eigenvalue weighted by Crippen LogP contribution is 2.37. The standard InChI is InChI=1S/C23H23F2N3O2.C23H24FN3O2.C22H21F2N3O2.C20H17FN2O2/c1-14(2)27-9-11-28(12-10-27)21-20(26-19-8-7-15(24)13-18(19)25)22(29)16-5-3-4-6-17(16)23(21)30;1-15(2)26-11-13-27(14-12-26)21-20(25-17-9-7-16(24)8-10-17)22(28)18-5-3-4-6-19(18)23(21)29;1-2-26-9-11-27(12-10-26)20-19(25-18-8-7-14(23)13-17(18)24)21(28)15-5-3-4-6-16(15)22(20)29;21-13-7-9-14(10-8-13)22-17-18(23-11-3-4-12-23)20(25)16-6-2-1-5-15(16)19(17)24/h3-8,13-14,26H,9-12H2,1-2H3;3-10,15,25H,11-14H2,1-2H3;3-8,13,25H,2,9-12H2,1H3;1-2,5-10,22H,3-4,11-12H2. The molecule has 0 aromatic heterocycles. The fourth-order valence-corrected chi connectivity index (χ4v) is 15.1. The second-order valence-electron chi connectivity index (χ2n) is 28.8. The van der Waals surface area contributed by atoms with Crippen LogP contribution >= 0.6 is 0 Å². The molecule has 113 heavy (non-hydrogen) atoms. The van der Waals surface area contributed by atoms with Gasteiger partial charge in [0, 0.05) is 172 Å². The number of piperazine rings is 3. The normalized spacial score (nSPS) is 17.5. The van der Waals surface area contributed by atoms with Gasteiger partial charge in [-0.15, -0.1) is 0 Å². The predicted octanol–water partition coefficient (Wildman–Crippen LogP) is 14.2. The summed E-state index contributed by atoms with van der Waals surface area (Å²) in [5.74, 6) is -5.80. The van der Waals surface area contributed by atoms with Gasteiger partial charge >= 0.3 is 0 Å². The van der Waals surface area contributed by atoms with E-state index in [4.69, 9.17) is 0 Å². The van der Waals surface area contributed by atoms with E-state index in [1.165, 1.54) is 36.4 Å². The average molecular weight is 1540 g/mol. The maximum Gasteiger partial charge on any atom is 0.212 e. The summed E-state index contributed by atoms with van der Waals surface area (Å²) in [6.45, 7) is 21.4. The molecule has 0 spiro atoms. The van der Waals surface area contributed by atoms with Gasteiger partial charge in [-0.2, -0.15) is 0 Å². The molecule has 4 N–H and O–H groups in total. The lowest BCUT2D eigenvalue weighted by Gasteiger charge is -2.40. The molecular formula is C88H85F6N11O8. The number of hydrogen-bond acceptors (Lipinski definition) is 19. The maximum absolute atomic E-state index is 14.3. The molecule has 19 nitrogen and oxygen atoms in total. The fourth-order valence-electron chi connectivity index (χ4n) is 15.1. The van der Waals surface area contributed by atoms with Gasteiger partial charge in [0.25, 0.3) is 0 Å². The van der Waals surface area contributed by atoms with Gasteiger partial charge in [0.1, 0.15) is 80.5 Å². The molecule has 4 saturated heterocycles. The van der Waals surface area contributed by atoms with E-state index in [0.29, 0.717) is 108 Å². The van der Waals surface area contributed by atoms with E-state index in [1.54, 1.807) is 121 Å². The molecule has 0 saturated carbocycles. The number of anilines is 4. The highest BCUT2D eigenvalue weighted by atomic mass is 19.2. The van der Waals surface area contributed by atoms with Crippen molar-refractivity contribution in [1.82, 2.24) is 34.3 Å². The number of carbonyl (C=O) groups excluding carboxylic acids is 8. The zero-order valence-electron chi connectivity index (χ0n) is 63.2. The predicted molar refractivity (Wildman–Crippen MR) is 420 cm³/mol. The van der Waals surface area contributed by atoms with Crippen molar-refractivity contribution in [3.05, 3.63) is 307 Å². The van der Waals surface area contributed by atoms with Crippen LogP contribution in [-0.4, -0.2) is 191 Å². The van der Waals surface area contributed by atoms with E-state index in [-0.39, 0.29) is 115 Å². The Morgan fingerprint density at radius 1 is 0.292 bits per heavy atom. The Balaban J connectivity index is 0.000000132. The van der Waals surface area contributed by atoms with E-state index in [0.717, 1.165) is 96.0 Å². The first kappa shape index (κ1) is 79.0. The SMILES string of the molecule is CC(C)N1CCN(C2=C(Nc3ccc(F)cc3)C(=O)c3ccccc3C2=O)CC1.CC(C)N1CCN(C2=C(Nc3ccc(F)cc3F)C(=O)c3ccccc3C2=O)CC1.CCN1CCN(C2=C(Nc3ccc(F)cc3F)C(=O)c3ccccc3C2=O)CC1.O=C1C(Nc2ccc(F)cc2)=C(N2CCCC2)C(=O)c2ccccc21. The molecule has 16 rings (SSSR count). The quantitative estimate of drug-likeness (QED) is 0.0704. The second kappa shape index (κ2) is 34.7. The van der Waals surface area contributed by atoms with Crippen LogP contribution in [0.1, 0.15) is 130 Å². The largest absolute Gasteiger partial charge is 0.367 e. The topological polar surface area (TPSA) is 207 Å². The van der Waals surface area contributed by atoms with Gasteiger partial charge in [0.05, 0.1) is 11.4 Å². The molecule has 0 unspecified atom stereocenters. The van der Waals surface area contributed by atoms with Crippen molar-refractivity contribution in [2.24, 2.45) is 0 Å². The lowest BCUT2D eigenvalue weighted by atomic mass is 9.89. The molecular weight excluding hydrogens is 1450 g/mol. The van der Waals surface area contributed by atoms with E-state index >= 15 is 0 Å². The number of halogens is 6. The third-order valence-electron chi connectivity index (χ3n) is 21.3. The molecule has 25 heteroatoms. The van der Waals surface area contributed by atoms with Crippen molar-refractivity contribution >= 4 is 69.0 Å². The number of likely N-dealkylation sites (N-methyl/N-ethyl adjacent to an activating group) is 1. The minimum Gasteiger partial charge on any atom is -0.367 e. The molecule has 0 atom stereocenters. The van der Waals surface area contributed by atoms with Crippen molar-refractivity contribution in [2.75, 3.05) is 119 Å². The second-order valence-corrected chi connectivity index (χ2v) is 28.8. The summed E-state index contributed by atoms with van der Waals surface area (Å²) in [4.78, 5) is 121. The summed E-state index contributed by atoms with van der Waals surface area (Å²) >= 11 is 0. The number of hydrogen-bond donors (Lipinski definition) is 4. The Morgan fingerprint density at radius 3 is 0.805 bits per heavy atom. The highest BCUT2D eigenvalue weighted by Gasteiger charge is 2.42. The van der Waals surface area contributed by atoms with Crippen molar-refractivity contribution < 1.29 is 64.7 Å². The maximum atomic E-state index is 14.3. The number of nitrogens with one attached hydrogen (secondary N) is 4. The molecule has 4 aliphatic heterocycles. The zero-order chi connectivity index (χ0) is 79.9. The first-order chi connectivity index (χ1) is 54.5. The van der Waals surface area contributed by atoms with Gasteiger partial charge in [0.2, 0.25) is 46.3 Å². The number of Topliss-reactive ketones (excluding diaryl/α,β-unsaturated/α-hetero) is 8. The minimum atomic E-state index is -0.828. The molecule has 8 aromatic rings. The summed E-state index contributed by atoms with van der Waals surface area (Å²) in [5, 5.41) is 11.7. The van der Waals surface area contributed by atoms with Crippen LogP contribution in [0.4, 0.5) is 49.1 Å². The minimum absolute atomic E-state index is 0.0298. The van der Waals surface area contributed by atoms with Crippen molar-refractivity contribution in [3.8, 4) is 0 Å². The number of nitrogens with zero attached hydrogens (tertiary/aromatic N) is 7. The molecule has 4 fully saturated rings. The summed E-state index contributed by atoms with van der Waals surface area (Å²) < 4.78 is 81.6. The zero-order valence-corrected chi connectivity index (χ0v) is 63.2. The number of ketones is 8. The third-order valence-corrected chi connectivity index (χ3v) is 21.3. The number of fused-ring (bicyclic) bond motifs is 4. The van der Waals surface area contributed by atoms with Crippen LogP contribution in [0.5, 0.6) is 0 Å². The van der Waals surface area contributed by atoms with Crippen LogP contribution in [0.2, 0.25) is 0 Å². The molecule has 0 radical (unpaired) electrons. The van der Waals surface area contributed by atoms with Gasteiger partial charge < -0.3 is 45.8 Å². The molecule has 582 valence electrons. The molecule has 0 bridgehead atoms. The van der Waals surface area contributed by atoms with Crippen molar-refractivity contribution in [3.63, 3.8) is 0 Å². The number of rotatable bonds is 15. The van der Waals surface area contributed by atoms with E-state index in [1.807, 2.05) is 19.6 Å². The van der Waals surface area contributed by atoms with Crippen LogP contribution in [0, 0.1) is 34.9 Å². The smallest absolute Gasteiger partial charge is 0.212 e. The number of carbonyl (C=O) groups is 8. The number of benzene rings is 8. The van der Waals surface area contributed by atoms with Gasteiger partial charge in [-0.1, -0.05) is 104 Å². The summed E-state index contributed by atoms with van der Waals surface area (Å²) in [6, 6.07) is 45.6. The third kappa shape index (κ3) is 17.1. The van der Waals surface area contributed by atoms with Gasteiger partial charge in [-0.05, 0) is 120 Å². The van der Waals surface area contributed by atoms with Gasteiger partial charge in [0.15, 0.2) is 0 Å². The molecule has 0 amide bonds. The Morgan fingerprint density at radius 2 is 0.540 bits per heavy atom. The average Bonchev–Trinajstić information content (AvgIpc) is 1.38. The highest BCUT2D eigenvalue weighted by molar-refractivity contribution is 6.30. The number of likely N-dealkylation sites (tertiary alicyclic amines) is 1. The molecule has 8 aliphatic rings. The summed E-state index contributed by atoms with van der Waals surface area (Å²) in [5.41, 5.74) is 5.87. The lowest BCUT2D eigenvalue weighted by Crippen LogP contribution is -2.50. The fraction of sp³-hybridized carbons (Fsp3) is 0.273. The van der Waals surface area contributed by atoms with Crippen LogP contribution in [-0.2, 0) is 0 Å². The summed E-state index contributed by atoms with van der Waals surface area (Å²) in [6.07, 6.45) is 1.99. The first-order valence-corrected chi connectivity index (χ1v) is 37.9. The van der Waals surface area contributed by atoms with Crippen LogP contribution in [0.3, 0.4) is 0 Å². The Kier molecular flexibility index (Phi) is 24.3. The van der Waals surface area contributed by atoms with Gasteiger partial charge in [-0.25, -0.2) is 26.3 Å². The Bertz CT molecular complexity index is 5190. The molecule has 8 aromatic carbocycles. The van der Waals surface area contributed by atoms with E-state index in [9.17, 15) is 64.7 Å². The van der Waals surface area contributed by atoms with Crippen LogP contribution < -0.4 is 21.3 Å². The molecule has 4 heterocycles. The molecule has 4 aliphatic carbocycles. The van der Waals surface area contributed by atoms with Crippen LogP contribution in [0.15, 0.2) is 228 Å².